The zero-order valence-electron chi connectivity index (χ0n) is 14.0. The molecule has 0 heterocycles. The van der Waals surface area contributed by atoms with Crippen molar-refractivity contribution in [3.63, 3.8) is 0 Å². The third-order valence-electron chi connectivity index (χ3n) is 3.54. The van der Waals surface area contributed by atoms with E-state index < -0.39 is 35.3 Å². The summed E-state index contributed by atoms with van der Waals surface area (Å²) in [7, 11) is 0. The monoisotopic (exact) mass is 361 g/mol. The first kappa shape index (κ1) is 19.2. The van der Waals surface area contributed by atoms with Gasteiger partial charge in [-0.25, -0.2) is 8.78 Å². The number of esters is 1. The summed E-state index contributed by atoms with van der Waals surface area (Å²) < 4.78 is 31.9. The first-order valence-electron chi connectivity index (χ1n) is 7.91. The number of carbonyl (C=O) groups is 3. The zero-order chi connectivity index (χ0) is 19.1. The number of hydrogen-bond donors (Lipinski definition) is 1. The van der Waals surface area contributed by atoms with Crippen molar-refractivity contribution in [1.29, 1.82) is 0 Å². The van der Waals surface area contributed by atoms with Gasteiger partial charge in [-0.15, -0.1) is 0 Å². The van der Waals surface area contributed by atoms with Gasteiger partial charge in [0, 0.05) is 12.0 Å². The Morgan fingerprint density at radius 2 is 1.58 bits per heavy atom. The lowest BCUT2D eigenvalue weighted by Crippen LogP contribution is -2.30. The van der Waals surface area contributed by atoms with E-state index in [1.165, 1.54) is 6.92 Å². The third kappa shape index (κ3) is 5.20. The average Bonchev–Trinajstić information content (AvgIpc) is 2.63. The van der Waals surface area contributed by atoms with E-state index in [0.717, 1.165) is 18.2 Å². The Bertz CT molecular complexity index is 788. The minimum absolute atomic E-state index is 0.0703. The number of Topliss-reactive ketones (excluding diaryl/α,β-unsaturated/α-hetero) is 1. The fourth-order valence-electron chi connectivity index (χ4n) is 2.14. The van der Waals surface area contributed by atoms with Gasteiger partial charge in [0.15, 0.2) is 11.9 Å². The van der Waals surface area contributed by atoms with Crippen LogP contribution in [0.4, 0.5) is 14.5 Å². The maximum atomic E-state index is 13.5. The number of carbonyl (C=O) groups excluding carboxylic acids is 3. The molecule has 0 saturated carbocycles. The molecule has 0 spiro atoms. The molecule has 0 saturated heterocycles. The highest BCUT2D eigenvalue weighted by Crippen LogP contribution is 2.18. The predicted molar refractivity (Wildman–Crippen MR) is 90.5 cm³/mol. The van der Waals surface area contributed by atoms with Gasteiger partial charge in [0.2, 0.25) is 0 Å². The number of halogens is 2. The van der Waals surface area contributed by atoms with Gasteiger partial charge in [0.25, 0.3) is 5.91 Å². The van der Waals surface area contributed by atoms with E-state index in [1.54, 1.807) is 30.3 Å². The van der Waals surface area contributed by atoms with Crippen molar-refractivity contribution >= 4 is 23.3 Å². The SMILES string of the molecule is C[C@@H](OC(=O)CCC(=O)c1ccccc1)C(=O)Nc1c(F)cccc1F. The van der Waals surface area contributed by atoms with Gasteiger partial charge >= 0.3 is 5.97 Å². The topological polar surface area (TPSA) is 72.5 Å². The lowest BCUT2D eigenvalue weighted by atomic mass is 10.1. The van der Waals surface area contributed by atoms with E-state index >= 15 is 0 Å². The summed E-state index contributed by atoms with van der Waals surface area (Å²) >= 11 is 0. The molecule has 5 nitrogen and oxygen atoms in total. The normalized spacial score (nSPS) is 11.5. The van der Waals surface area contributed by atoms with Gasteiger partial charge in [-0.05, 0) is 19.1 Å². The van der Waals surface area contributed by atoms with Crippen molar-refractivity contribution in [2.24, 2.45) is 0 Å². The molecule has 0 aliphatic rings. The average molecular weight is 361 g/mol. The van der Waals surface area contributed by atoms with E-state index in [2.05, 4.69) is 0 Å². The standard InChI is InChI=1S/C19H17F2NO4/c1-12(19(25)22-18-14(20)8-5-9-15(18)21)26-17(24)11-10-16(23)13-6-3-2-4-7-13/h2-9,12H,10-11H2,1H3,(H,22,25)/t12-/m1/s1. The molecule has 0 aliphatic heterocycles. The number of benzene rings is 2. The second-order valence-corrected chi connectivity index (χ2v) is 5.51. The second-order valence-electron chi connectivity index (χ2n) is 5.51. The van der Waals surface area contributed by atoms with Gasteiger partial charge in [-0.2, -0.15) is 0 Å². The summed E-state index contributed by atoms with van der Waals surface area (Å²) in [4.78, 5) is 35.6. The van der Waals surface area contributed by atoms with Crippen molar-refractivity contribution in [3.05, 3.63) is 65.7 Å². The summed E-state index contributed by atoms with van der Waals surface area (Å²) in [6.07, 6.45) is -1.55. The molecule has 2 rings (SSSR count). The molecular formula is C19H17F2NO4. The summed E-state index contributed by atoms with van der Waals surface area (Å²) in [6, 6.07) is 11.6. The van der Waals surface area contributed by atoms with Crippen LogP contribution in [0.25, 0.3) is 0 Å². The van der Waals surface area contributed by atoms with Crippen LogP contribution in [0, 0.1) is 11.6 Å². The van der Waals surface area contributed by atoms with Crippen LogP contribution >= 0.6 is 0 Å². The largest absolute Gasteiger partial charge is 0.453 e. The number of hydrogen-bond acceptors (Lipinski definition) is 4. The van der Waals surface area contributed by atoms with Gasteiger partial charge in [-0.1, -0.05) is 36.4 Å². The Hall–Kier alpha value is -3.09. The second kappa shape index (κ2) is 8.84. The molecule has 1 atom stereocenters. The number of ether oxygens (including phenoxy) is 1. The van der Waals surface area contributed by atoms with Gasteiger partial charge in [-0.3, -0.25) is 14.4 Å². The number of nitrogens with one attached hydrogen (secondary N) is 1. The summed E-state index contributed by atoms with van der Waals surface area (Å²) in [5, 5.41) is 2.04. The summed E-state index contributed by atoms with van der Waals surface area (Å²) in [6.45, 7) is 1.27. The maximum absolute atomic E-state index is 13.5. The fourth-order valence-corrected chi connectivity index (χ4v) is 2.14. The molecule has 26 heavy (non-hydrogen) atoms. The van der Waals surface area contributed by atoms with Crippen LogP contribution in [-0.2, 0) is 14.3 Å². The highest BCUT2D eigenvalue weighted by molar-refractivity contribution is 5.98. The predicted octanol–water partition coefficient (Wildman–Crippen LogP) is 3.50. The van der Waals surface area contributed by atoms with E-state index in [0.29, 0.717) is 5.56 Å². The molecule has 2 aromatic rings. The fraction of sp³-hybridized carbons (Fsp3) is 0.211. The Labute approximate surface area is 149 Å². The molecule has 1 N–H and O–H groups in total. The Balaban J connectivity index is 1.84. The number of rotatable bonds is 7. The van der Waals surface area contributed by atoms with E-state index in [9.17, 15) is 23.2 Å². The first-order valence-corrected chi connectivity index (χ1v) is 7.91. The van der Waals surface area contributed by atoms with E-state index in [4.69, 9.17) is 4.74 Å². The lowest BCUT2D eigenvalue weighted by Gasteiger charge is -2.14. The van der Waals surface area contributed by atoms with Crippen molar-refractivity contribution < 1.29 is 27.9 Å². The highest BCUT2D eigenvalue weighted by Gasteiger charge is 2.21. The Morgan fingerprint density at radius 3 is 2.19 bits per heavy atom. The molecule has 0 bridgehead atoms. The molecule has 136 valence electrons. The van der Waals surface area contributed by atoms with Gasteiger partial charge in [0.05, 0.1) is 6.42 Å². The van der Waals surface area contributed by atoms with E-state index in [-0.39, 0.29) is 18.6 Å². The van der Waals surface area contributed by atoms with E-state index in [1.807, 2.05) is 5.32 Å². The van der Waals surface area contributed by atoms with Gasteiger partial charge < -0.3 is 10.1 Å². The Kier molecular flexibility index (Phi) is 6.54. The van der Waals surface area contributed by atoms with Crippen LogP contribution < -0.4 is 5.32 Å². The van der Waals surface area contributed by atoms with Crippen molar-refractivity contribution in [3.8, 4) is 0 Å². The van der Waals surface area contributed by atoms with Crippen molar-refractivity contribution in [2.45, 2.75) is 25.9 Å². The first-order chi connectivity index (χ1) is 12.4. The number of ketones is 1. The van der Waals surface area contributed by atoms with Crippen LogP contribution in [0.2, 0.25) is 0 Å². The van der Waals surface area contributed by atoms with Crippen LogP contribution in [0.3, 0.4) is 0 Å². The van der Waals surface area contributed by atoms with Gasteiger partial charge in [0.1, 0.15) is 17.3 Å². The molecule has 1 amide bonds. The third-order valence-corrected chi connectivity index (χ3v) is 3.54. The highest BCUT2D eigenvalue weighted by atomic mass is 19.1. The molecule has 0 unspecified atom stereocenters. The minimum atomic E-state index is -1.27. The van der Waals surface area contributed by atoms with Crippen LogP contribution in [-0.4, -0.2) is 23.8 Å². The number of para-hydroxylation sites is 1. The minimum Gasteiger partial charge on any atom is -0.453 e. The molecule has 0 fully saturated rings. The van der Waals surface area contributed by atoms with Crippen LogP contribution in [0.5, 0.6) is 0 Å². The lowest BCUT2D eigenvalue weighted by molar-refractivity contribution is -0.153. The molecule has 2 aromatic carbocycles. The molecule has 7 heteroatoms. The van der Waals surface area contributed by atoms with Crippen LogP contribution in [0.15, 0.2) is 48.5 Å². The van der Waals surface area contributed by atoms with Crippen molar-refractivity contribution in [1.82, 2.24) is 0 Å². The number of amides is 1. The molecule has 0 radical (unpaired) electrons. The smallest absolute Gasteiger partial charge is 0.307 e. The number of anilines is 1. The molecular weight excluding hydrogens is 344 g/mol. The molecule has 0 aromatic heterocycles. The zero-order valence-corrected chi connectivity index (χ0v) is 14.0. The molecule has 0 aliphatic carbocycles. The van der Waals surface area contributed by atoms with Crippen LogP contribution in [0.1, 0.15) is 30.1 Å². The maximum Gasteiger partial charge on any atom is 0.307 e. The summed E-state index contributed by atoms with van der Waals surface area (Å²) in [5.74, 6) is -3.74. The summed E-state index contributed by atoms with van der Waals surface area (Å²) in [5.41, 5.74) is -0.138. The Morgan fingerprint density at radius 1 is 0.962 bits per heavy atom. The quantitative estimate of drug-likeness (QED) is 0.605. The van der Waals surface area contributed by atoms with Crippen molar-refractivity contribution in [2.75, 3.05) is 5.32 Å².